The zero-order valence-electron chi connectivity index (χ0n) is 15.7. The molecule has 3 rings (SSSR count). The van der Waals surface area contributed by atoms with Crippen LogP contribution in [0.4, 0.5) is 0 Å². The molecule has 156 valence electrons. The smallest absolute Gasteiger partial charge is 0.252 e. The van der Waals surface area contributed by atoms with Crippen molar-refractivity contribution in [3.63, 3.8) is 0 Å². The maximum atomic E-state index is 12.7. The third kappa shape index (κ3) is 5.93. The number of nitrogens with one attached hydrogen (secondary N) is 2. The topological polar surface area (TPSA) is 84.5 Å². The van der Waals surface area contributed by atoms with Crippen molar-refractivity contribution in [3.05, 3.63) is 63.6 Å². The number of carbonyl (C=O) groups excluding carboxylic acids is 1. The molecule has 0 spiro atoms. The average Bonchev–Trinajstić information content (AvgIpc) is 3.21. The van der Waals surface area contributed by atoms with Gasteiger partial charge in [-0.2, -0.15) is 0 Å². The molecule has 0 saturated carbocycles. The van der Waals surface area contributed by atoms with E-state index in [2.05, 4.69) is 10.0 Å². The van der Waals surface area contributed by atoms with Crippen LogP contribution in [0.5, 0.6) is 0 Å². The fourth-order valence-corrected chi connectivity index (χ4v) is 4.98. The maximum absolute atomic E-state index is 12.7. The Kier molecular flexibility index (Phi) is 7.54. The number of halogens is 2. The van der Waals surface area contributed by atoms with E-state index in [0.717, 1.165) is 18.4 Å². The Labute approximate surface area is 180 Å². The summed E-state index contributed by atoms with van der Waals surface area (Å²) in [7, 11) is -3.92. The van der Waals surface area contributed by atoms with E-state index in [1.807, 2.05) is 30.3 Å². The lowest BCUT2D eigenvalue weighted by atomic mass is 10.1. The summed E-state index contributed by atoms with van der Waals surface area (Å²) in [5.74, 6) is -0.460. The summed E-state index contributed by atoms with van der Waals surface area (Å²) in [6.45, 7) is 1.17. The van der Waals surface area contributed by atoms with Crippen LogP contribution in [0.1, 0.15) is 28.8 Å². The lowest BCUT2D eigenvalue weighted by molar-refractivity contribution is 0.0954. The predicted molar refractivity (Wildman–Crippen MR) is 113 cm³/mol. The molecule has 0 radical (unpaired) electrons. The molecule has 1 saturated heterocycles. The van der Waals surface area contributed by atoms with Crippen LogP contribution in [0.15, 0.2) is 47.4 Å². The second-order valence-electron chi connectivity index (χ2n) is 6.74. The molecule has 1 unspecified atom stereocenters. The quantitative estimate of drug-likeness (QED) is 0.636. The second kappa shape index (κ2) is 9.91. The van der Waals surface area contributed by atoms with Crippen molar-refractivity contribution in [2.24, 2.45) is 0 Å². The van der Waals surface area contributed by atoms with Gasteiger partial charge in [-0.15, -0.1) is 0 Å². The summed E-state index contributed by atoms with van der Waals surface area (Å²) >= 11 is 12.2. The zero-order valence-corrected chi connectivity index (χ0v) is 18.0. The molecule has 2 N–H and O–H groups in total. The molecule has 2 aromatic carbocycles. The van der Waals surface area contributed by atoms with E-state index >= 15 is 0 Å². The lowest BCUT2D eigenvalue weighted by Crippen LogP contribution is -2.32. The number of amides is 1. The Morgan fingerprint density at radius 2 is 1.90 bits per heavy atom. The minimum atomic E-state index is -3.92. The molecule has 1 aliphatic rings. The summed E-state index contributed by atoms with van der Waals surface area (Å²) in [6.07, 6.45) is 2.19. The average molecular weight is 457 g/mol. The van der Waals surface area contributed by atoms with Crippen LogP contribution in [0.2, 0.25) is 10.0 Å². The molecule has 2 aromatic rings. The largest absolute Gasteiger partial charge is 0.377 e. The molecule has 1 heterocycles. The van der Waals surface area contributed by atoms with Gasteiger partial charge >= 0.3 is 0 Å². The standard InChI is InChI=1S/C20H22Cl2N2O4S/c21-17-12-18(22)19(29(26,27)24-13-15-7-4-10-28-15)11-16(17)20(25)23-9-8-14-5-2-1-3-6-14/h1-3,5-6,11-12,15,24H,4,7-10,13H2,(H,23,25). The number of carbonyl (C=O) groups is 1. The molecule has 6 nitrogen and oxygen atoms in total. The highest BCUT2D eigenvalue weighted by Gasteiger charge is 2.24. The van der Waals surface area contributed by atoms with Crippen molar-refractivity contribution in [2.75, 3.05) is 19.7 Å². The highest BCUT2D eigenvalue weighted by Crippen LogP contribution is 2.29. The highest BCUT2D eigenvalue weighted by molar-refractivity contribution is 7.89. The van der Waals surface area contributed by atoms with E-state index < -0.39 is 15.9 Å². The van der Waals surface area contributed by atoms with E-state index in [4.69, 9.17) is 27.9 Å². The summed E-state index contributed by atoms with van der Waals surface area (Å²) in [6, 6.07) is 12.2. The third-order valence-electron chi connectivity index (χ3n) is 4.62. The summed E-state index contributed by atoms with van der Waals surface area (Å²) in [5.41, 5.74) is 1.14. The summed E-state index contributed by atoms with van der Waals surface area (Å²) in [4.78, 5) is 12.4. The Morgan fingerprint density at radius 3 is 2.59 bits per heavy atom. The Bertz CT molecular complexity index is 962. The van der Waals surface area contributed by atoms with Gasteiger partial charge in [0, 0.05) is 19.7 Å². The van der Waals surface area contributed by atoms with Crippen LogP contribution >= 0.6 is 23.2 Å². The zero-order chi connectivity index (χ0) is 20.9. The molecule has 9 heteroatoms. The van der Waals surface area contributed by atoms with Crippen molar-refractivity contribution in [2.45, 2.75) is 30.3 Å². The van der Waals surface area contributed by atoms with Crippen LogP contribution in [0.25, 0.3) is 0 Å². The fourth-order valence-electron chi connectivity index (χ4n) is 3.06. The molecular weight excluding hydrogens is 435 g/mol. The van der Waals surface area contributed by atoms with Crippen LogP contribution in [-0.2, 0) is 21.2 Å². The van der Waals surface area contributed by atoms with Gasteiger partial charge in [-0.1, -0.05) is 53.5 Å². The van der Waals surface area contributed by atoms with Crippen molar-refractivity contribution in [3.8, 4) is 0 Å². The molecule has 1 amide bonds. The maximum Gasteiger partial charge on any atom is 0.252 e. The normalized spacial score (nSPS) is 16.7. The first-order chi connectivity index (χ1) is 13.9. The van der Waals surface area contributed by atoms with Crippen LogP contribution in [0, 0.1) is 0 Å². The van der Waals surface area contributed by atoms with Gasteiger partial charge in [0.2, 0.25) is 10.0 Å². The van der Waals surface area contributed by atoms with Crippen molar-refractivity contribution >= 4 is 39.1 Å². The van der Waals surface area contributed by atoms with Gasteiger partial charge in [0.15, 0.2) is 0 Å². The molecule has 1 fully saturated rings. The first kappa shape index (κ1) is 22.1. The first-order valence-electron chi connectivity index (χ1n) is 9.29. The van der Waals surface area contributed by atoms with Crippen molar-refractivity contribution < 1.29 is 17.9 Å². The highest BCUT2D eigenvalue weighted by atomic mass is 35.5. The van der Waals surface area contributed by atoms with Crippen molar-refractivity contribution in [1.29, 1.82) is 0 Å². The minimum Gasteiger partial charge on any atom is -0.377 e. The van der Waals surface area contributed by atoms with Gasteiger partial charge in [-0.25, -0.2) is 13.1 Å². The van der Waals surface area contributed by atoms with Gasteiger partial charge in [-0.3, -0.25) is 4.79 Å². The van der Waals surface area contributed by atoms with E-state index in [9.17, 15) is 13.2 Å². The van der Waals surface area contributed by atoms with E-state index in [1.165, 1.54) is 12.1 Å². The number of sulfonamides is 1. The monoisotopic (exact) mass is 456 g/mol. The van der Waals surface area contributed by atoms with Crippen LogP contribution in [-0.4, -0.2) is 40.1 Å². The molecule has 1 aliphatic heterocycles. The molecule has 1 atom stereocenters. The minimum absolute atomic E-state index is 0.0457. The van der Waals surface area contributed by atoms with Gasteiger partial charge in [0.25, 0.3) is 5.91 Å². The van der Waals surface area contributed by atoms with Crippen LogP contribution < -0.4 is 10.0 Å². The van der Waals surface area contributed by atoms with E-state index in [0.29, 0.717) is 19.6 Å². The van der Waals surface area contributed by atoms with E-state index in [-0.39, 0.29) is 33.2 Å². The number of benzene rings is 2. The summed E-state index contributed by atoms with van der Waals surface area (Å²) in [5, 5.41) is 2.80. The number of rotatable bonds is 8. The molecule has 0 aliphatic carbocycles. The Balaban J connectivity index is 1.69. The lowest BCUT2D eigenvalue weighted by Gasteiger charge is -2.14. The molecular formula is C20H22Cl2N2O4S. The predicted octanol–water partition coefficient (Wildman–Crippen LogP) is 3.42. The molecule has 0 aromatic heterocycles. The summed E-state index contributed by atoms with van der Waals surface area (Å²) < 4.78 is 33.3. The van der Waals surface area contributed by atoms with Gasteiger partial charge < -0.3 is 10.1 Å². The number of hydrogen-bond donors (Lipinski definition) is 2. The number of hydrogen-bond acceptors (Lipinski definition) is 4. The van der Waals surface area contributed by atoms with E-state index in [1.54, 1.807) is 0 Å². The molecule has 0 bridgehead atoms. The second-order valence-corrected chi connectivity index (χ2v) is 9.29. The fraction of sp³-hybridized carbons (Fsp3) is 0.350. The van der Waals surface area contributed by atoms with Gasteiger partial charge in [0.05, 0.1) is 21.7 Å². The third-order valence-corrected chi connectivity index (χ3v) is 6.82. The SMILES string of the molecule is O=C(NCCc1ccccc1)c1cc(S(=O)(=O)NCC2CCCO2)c(Cl)cc1Cl. The molecule has 29 heavy (non-hydrogen) atoms. The van der Waals surface area contributed by atoms with Crippen molar-refractivity contribution in [1.82, 2.24) is 10.0 Å². The van der Waals surface area contributed by atoms with Gasteiger partial charge in [0.1, 0.15) is 4.90 Å². The first-order valence-corrected chi connectivity index (χ1v) is 11.5. The van der Waals surface area contributed by atoms with Gasteiger partial charge in [-0.05, 0) is 37.0 Å². The van der Waals surface area contributed by atoms with Crippen LogP contribution in [0.3, 0.4) is 0 Å². The Morgan fingerprint density at radius 1 is 1.14 bits per heavy atom. The Hall–Kier alpha value is -1.64. The number of ether oxygens (including phenoxy) is 1.